The Morgan fingerprint density at radius 3 is 2.75 bits per heavy atom. The van der Waals surface area contributed by atoms with Crippen LogP contribution in [0.2, 0.25) is 0 Å². The van der Waals surface area contributed by atoms with Gasteiger partial charge in [-0.2, -0.15) is 4.57 Å². The lowest BCUT2D eigenvalue weighted by atomic mass is 10.0. The highest BCUT2D eigenvalue weighted by molar-refractivity contribution is 7.50. The van der Waals surface area contributed by atoms with Crippen molar-refractivity contribution >= 4 is 13.5 Å². The summed E-state index contributed by atoms with van der Waals surface area (Å²) >= 11 is 0. The maximum absolute atomic E-state index is 11.7. The van der Waals surface area contributed by atoms with Crippen LogP contribution in [-0.2, 0) is 4.57 Å². The Morgan fingerprint density at radius 1 is 1.44 bits per heavy atom. The molecule has 2 bridgehead atoms. The molecule has 2 atom stereocenters. The lowest BCUT2D eigenvalue weighted by molar-refractivity contribution is 0.172. The molecule has 0 amide bonds. The molecule has 0 fully saturated rings. The van der Waals surface area contributed by atoms with Gasteiger partial charge in [0.1, 0.15) is 0 Å². The Bertz CT molecular complexity index is 529. The fraction of sp³-hybridized carbons (Fsp3) is 0.333. The molecule has 0 saturated heterocycles. The number of phosphoric ester groups is 1. The molecule has 0 aromatic heterocycles. The zero-order valence-corrected chi connectivity index (χ0v) is 9.36. The highest BCUT2D eigenvalue weighted by atomic mass is 31.2. The molecule has 0 aliphatic carbocycles. The second-order valence-corrected chi connectivity index (χ2v) is 5.12. The molecule has 1 aromatic rings. The number of anilines is 1. The van der Waals surface area contributed by atoms with E-state index in [0.717, 1.165) is 0 Å². The van der Waals surface area contributed by atoms with Crippen LogP contribution >= 0.6 is 7.82 Å². The van der Waals surface area contributed by atoms with Gasteiger partial charge < -0.3 is 24.4 Å². The topological polar surface area (TPSA) is 91.0 Å². The first kappa shape index (κ1) is 9.81. The average Bonchev–Trinajstić information content (AvgIpc) is 2.69. The third-order valence-electron chi connectivity index (χ3n) is 2.61. The van der Waals surface area contributed by atoms with Crippen molar-refractivity contribution in [2.75, 3.05) is 5.73 Å². The lowest BCUT2D eigenvalue weighted by Crippen LogP contribution is -2.06. The molecule has 3 N–H and O–H groups in total. The van der Waals surface area contributed by atoms with E-state index < -0.39 is 13.9 Å². The minimum absolute atomic E-state index is 0.249. The number of nitrogens with two attached hydrogens (primary N) is 1. The summed E-state index contributed by atoms with van der Waals surface area (Å²) in [6.45, 7) is 1.81. The Labute approximate surface area is 91.5 Å². The Morgan fingerprint density at radius 2 is 2.12 bits per heavy atom. The predicted molar refractivity (Wildman–Crippen MR) is 55.6 cm³/mol. The van der Waals surface area contributed by atoms with Gasteiger partial charge in [0.15, 0.2) is 11.5 Å². The van der Waals surface area contributed by atoms with E-state index in [1.807, 2.05) is 6.92 Å². The van der Waals surface area contributed by atoms with Crippen molar-refractivity contribution in [3.8, 4) is 17.2 Å². The maximum atomic E-state index is 11.7. The van der Waals surface area contributed by atoms with Crippen LogP contribution in [0.5, 0.6) is 17.2 Å². The summed E-state index contributed by atoms with van der Waals surface area (Å²) in [5.74, 6) is 0.841. The van der Waals surface area contributed by atoms with Gasteiger partial charge >= 0.3 is 7.82 Å². The van der Waals surface area contributed by atoms with E-state index in [1.165, 1.54) is 6.07 Å². The molecule has 6 nitrogen and oxygen atoms in total. The highest BCUT2D eigenvalue weighted by Crippen LogP contribution is 2.70. The molecule has 0 saturated carbocycles. The highest BCUT2D eigenvalue weighted by Gasteiger charge is 2.52. The third kappa shape index (κ3) is 1.08. The first-order chi connectivity index (χ1) is 7.54. The first-order valence-electron chi connectivity index (χ1n) is 4.87. The monoisotopic (exact) mass is 243 g/mol. The van der Waals surface area contributed by atoms with Crippen LogP contribution in [0.4, 0.5) is 5.69 Å². The first-order valence-corrected chi connectivity index (χ1v) is 6.33. The molecule has 1 aromatic carbocycles. The van der Waals surface area contributed by atoms with Crippen LogP contribution in [0.3, 0.4) is 0 Å². The molecule has 0 spiro atoms. The molecule has 2 unspecified atom stereocenters. The van der Waals surface area contributed by atoms with Crippen molar-refractivity contribution in [3.63, 3.8) is 0 Å². The SMILES string of the molecule is CCC(O)c1c(N)cc2c3c1OP(=O)(O2)O3. The van der Waals surface area contributed by atoms with Crippen molar-refractivity contribution in [1.82, 2.24) is 0 Å². The van der Waals surface area contributed by atoms with Crippen LogP contribution in [-0.4, -0.2) is 5.11 Å². The molecule has 86 valence electrons. The Hall–Kier alpha value is -1.39. The van der Waals surface area contributed by atoms with Crippen LogP contribution in [0, 0.1) is 0 Å². The number of hydrogen-bond donors (Lipinski definition) is 2. The molecular weight excluding hydrogens is 233 g/mol. The van der Waals surface area contributed by atoms with Gasteiger partial charge in [-0.1, -0.05) is 6.92 Å². The van der Waals surface area contributed by atoms with E-state index >= 15 is 0 Å². The van der Waals surface area contributed by atoms with Crippen LogP contribution in [0.1, 0.15) is 25.0 Å². The fourth-order valence-electron chi connectivity index (χ4n) is 1.84. The van der Waals surface area contributed by atoms with E-state index in [-0.39, 0.29) is 11.5 Å². The van der Waals surface area contributed by atoms with Gasteiger partial charge in [-0.25, -0.2) is 0 Å². The molecule has 0 radical (unpaired) electrons. The standard InChI is InChI=1S/C9H10NO5P/c1-2-5(11)7-4(10)3-6-8-9(7)15-16(12,13-6)14-8/h3,5,11H,2,10H2,1H3. The van der Waals surface area contributed by atoms with E-state index in [0.29, 0.717) is 23.4 Å². The number of hydrogen-bond acceptors (Lipinski definition) is 6. The molecular formula is C9H10NO5P. The number of rotatable bonds is 2. The number of aliphatic hydroxyl groups is 1. The van der Waals surface area contributed by atoms with Crippen LogP contribution in [0.25, 0.3) is 0 Å². The molecule has 2 aliphatic rings. The molecule has 16 heavy (non-hydrogen) atoms. The summed E-state index contributed by atoms with van der Waals surface area (Å²) in [6, 6.07) is 1.50. The van der Waals surface area contributed by atoms with E-state index in [1.54, 1.807) is 0 Å². The Kier molecular flexibility index (Phi) is 1.74. The van der Waals surface area contributed by atoms with Crippen LogP contribution < -0.4 is 19.3 Å². The van der Waals surface area contributed by atoms with Crippen LogP contribution in [0.15, 0.2) is 6.07 Å². The van der Waals surface area contributed by atoms with Gasteiger partial charge in [0.2, 0.25) is 5.75 Å². The minimum atomic E-state index is -3.51. The summed E-state index contributed by atoms with van der Waals surface area (Å²) in [6.07, 6.45) is -0.291. The summed E-state index contributed by atoms with van der Waals surface area (Å²) in [5, 5.41) is 9.82. The quantitative estimate of drug-likeness (QED) is 0.609. The lowest BCUT2D eigenvalue weighted by Gasteiger charge is -2.17. The number of phosphoric acid groups is 1. The average molecular weight is 243 g/mol. The largest absolute Gasteiger partial charge is 0.647 e. The molecule has 2 heterocycles. The van der Waals surface area contributed by atoms with Gasteiger partial charge in [-0.05, 0) is 6.42 Å². The van der Waals surface area contributed by atoms with E-state index in [9.17, 15) is 9.67 Å². The number of nitrogen functional groups attached to an aromatic ring is 1. The van der Waals surface area contributed by atoms with Gasteiger partial charge in [-0.15, -0.1) is 0 Å². The predicted octanol–water partition coefficient (Wildman–Crippen LogP) is 1.98. The normalized spacial score (nSPS) is 25.9. The maximum Gasteiger partial charge on any atom is 0.647 e. The second kappa shape index (κ2) is 2.84. The zero-order valence-electron chi connectivity index (χ0n) is 8.47. The smallest absolute Gasteiger partial charge is 0.398 e. The van der Waals surface area contributed by atoms with E-state index in [4.69, 9.17) is 19.3 Å². The zero-order chi connectivity index (χ0) is 11.5. The molecule has 3 rings (SSSR count). The van der Waals surface area contributed by atoms with Gasteiger partial charge in [0, 0.05) is 11.8 Å². The Balaban J connectivity index is 2.24. The van der Waals surface area contributed by atoms with E-state index in [2.05, 4.69) is 0 Å². The summed E-state index contributed by atoms with van der Waals surface area (Å²) in [7, 11) is -3.51. The van der Waals surface area contributed by atoms with Crippen molar-refractivity contribution in [1.29, 1.82) is 0 Å². The summed E-state index contributed by atoms with van der Waals surface area (Å²) < 4.78 is 26.8. The molecule has 7 heteroatoms. The van der Waals surface area contributed by atoms with Crippen molar-refractivity contribution < 1.29 is 23.2 Å². The number of aliphatic hydroxyl groups excluding tert-OH is 1. The summed E-state index contributed by atoms with van der Waals surface area (Å²) in [5.41, 5.74) is 6.54. The third-order valence-corrected chi connectivity index (χ3v) is 3.84. The number of fused-ring (bicyclic) bond motifs is 1. The molecule has 2 aliphatic heterocycles. The van der Waals surface area contributed by atoms with Crippen molar-refractivity contribution in [2.24, 2.45) is 0 Å². The van der Waals surface area contributed by atoms with Crippen molar-refractivity contribution in [2.45, 2.75) is 19.4 Å². The van der Waals surface area contributed by atoms with Gasteiger partial charge in [0.05, 0.1) is 11.7 Å². The van der Waals surface area contributed by atoms with Gasteiger partial charge in [-0.3, -0.25) is 0 Å². The van der Waals surface area contributed by atoms with Gasteiger partial charge in [0.25, 0.3) is 0 Å². The number of benzene rings is 1. The van der Waals surface area contributed by atoms with Crippen molar-refractivity contribution in [3.05, 3.63) is 11.6 Å². The second-order valence-electron chi connectivity index (χ2n) is 3.68. The summed E-state index contributed by atoms with van der Waals surface area (Å²) in [4.78, 5) is 0. The minimum Gasteiger partial charge on any atom is -0.398 e. The fourth-order valence-corrected chi connectivity index (χ4v) is 3.13.